The first-order valence-corrected chi connectivity index (χ1v) is 7.48. The molecular weight excluding hydrogens is 306 g/mol. The van der Waals surface area contributed by atoms with Crippen LogP contribution in [0.4, 0.5) is 19.3 Å². The van der Waals surface area contributed by atoms with Crippen molar-refractivity contribution in [1.82, 2.24) is 4.90 Å². The van der Waals surface area contributed by atoms with E-state index >= 15 is 0 Å². The van der Waals surface area contributed by atoms with Crippen LogP contribution in [-0.2, 0) is 0 Å². The Balaban J connectivity index is 2.82. The van der Waals surface area contributed by atoms with Gasteiger partial charge < -0.3 is 20.1 Å². The zero-order chi connectivity index (χ0) is 17.6. The summed E-state index contributed by atoms with van der Waals surface area (Å²) >= 11 is 0. The van der Waals surface area contributed by atoms with Gasteiger partial charge in [-0.3, -0.25) is 0 Å². The maximum Gasteiger partial charge on any atom is 0.322 e. The van der Waals surface area contributed by atoms with Crippen LogP contribution in [0.3, 0.4) is 0 Å². The van der Waals surface area contributed by atoms with E-state index in [9.17, 15) is 18.7 Å². The number of hydrogen-bond acceptors (Lipinski definition) is 3. The number of anilines is 1. The molecule has 0 spiro atoms. The molecule has 1 unspecified atom stereocenters. The lowest BCUT2D eigenvalue weighted by Crippen LogP contribution is -2.43. The Morgan fingerprint density at radius 1 is 1.35 bits per heavy atom. The van der Waals surface area contributed by atoms with Crippen LogP contribution in [0.15, 0.2) is 18.2 Å². The van der Waals surface area contributed by atoms with E-state index in [1.54, 1.807) is 26.0 Å². The second-order valence-electron chi connectivity index (χ2n) is 5.71. The van der Waals surface area contributed by atoms with Crippen LogP contribution in [0.1, 0.15) is 26.3 Å². The van der Waals surface area contributed by atoms with Crippen molar-refractivity contribution in [3.05, 3.63) is 23.8 Å². The van der Waals surface area contributed by atoms with Gasteiger partial charge in [-0.05, 0) is 39.3 Å². The minimum atomic E-state index is -2.56. The summed E-state index contributed by atoms with van der Waals surface area (Å²) < 4.78 is 29.5. The monoisotopic (exact) mass is 330 g/mol. The topological polar surface area (TPSA) is 61.8 Å². The van der Waals surface area contributed by atoms with E-state index < -0.39 is 19.1 Å². The van der Waals surface area contributed by atoms with Crippen LogP contribution in [0, 0.1) is 6.92 Å². The molecule has 0 aliphatic heterocycles. The van der Waals surface area contributed by atoms with E-state index in [2.05, 4.69) is 5.32 Å². The molecule has 0 radical (unpaired) electrons. The summed E-state index contributed by atoms with van der Waals surface area (Å²) in [6.07, 6.45) is -3.21. The number of aryl methyl sites for hydroxylation is 1. The third-order valence-electron chi connectivity index (χ3n) is 3.15. The third-order valence-corrected chi connectivity index (χ3v) is 3.15. The second-order valence-corrected chi connectivity index (χ2v) is 5.71. The molecule has 1 atom stereocenters. The molecule has 2 amide bonds. The normalized spacial score (nSPS) is 12.4. The molecule has 1 aromatic rings. The number of amides is 2. The van der Waals surface area contributed by atoms with Crippen molar-refractivity contribution in [2.75, 3.05) is 18.5 Å². The van der Waals surface area contributed by atoms with Crippen LogP contribution in [0.25, 0.3) is 0 Å². The Labute approximate surface area is 135 Å². The van der Waals surface area contributed by atoms with Gasteiger partial charge in [-0.15, -0.1) is 0 Å². The number of halogens is 2. The summed E-state index contributed by atoms with van der Waals surface area (Å²) in [7, 11) is 0. The number of aliphatic hydroxyl groups is 1. The van der Waals surface area contributed by atoms with Crippen LogP contribution in [0.2, 0.25) is 0 Å². The van der Waals surface area contributed by atoms with E-state index in [1.165, 1.54) is 11.0 Å². The summed E-state index contributed by atoms with van der Waals surface area (Å²) in [6.45, 7) is 6.52. The van der Waals surface area contributed by atoms with E-state index in [0.29, 0.717) is 17.0 Å². The molecule has 5 nitrogen and oxygen atoms in total. The molecule has 1 rings (SSSR count). The van der Waals surface area contributed by atoms with E-state index in [4.69, 9.17) is 4.74 Å². The highest BCUT2D eigenvalue weighted by molar-refractivity contribution is 5.89. The highest BCUT2D eigenvalue weighted by atomic mass is 19.3. The van der Waals surface area contributed by atoms with Crippen molar-refractivity contribution in [2.24, 2.45) is 0 Å². The average molecular weight is 330 g/mol. The molecule has 0 saturated heterocycles. The Morgan fingerprint density at radius 2 is 2.00 bits per heavy atom. The molecule has 130 valence electrons. The van der Waals surface area contributed by atoms with Crippen LogP contribution in [0.5, 0.6) is 5.75 Å². The summed E-state index contributed by atoms with van der Waals surface area (Å²) in [6, 6.07) is 4.40. The van der Waals surface area contributed by atoms with Crippen molar-refractivity contribution in [3.63, 3.8) is 0 Å². The predicted molar refractivity (Wildman–Crippen MR) is 85.2 cm³/mol. The predicted octanol–water partition coefficient (Wildman–Crippen LogP) is 3.26. The molecule has 0 heterocycles. The SMILES string of the molecule is Cc1ccc(NC(=O)N(CC(C)O)C(C)C)cc1OCC(F)F. The van der Waals surface area contributed by atoms with Crippen molar-refractivity contribution in [3.8, 4) is 5.75 Å². The van der Waals surface area contributed by atoms with E-state index in [0.717, 1.165) is 0 Å². The van der Waals surface area contributed by atoms with Crippen molar-refractivity contribution >= 4 is 11.7 Å². The minimum absolute atomic E-state index is 0.0930. The van der Waals surface area contributed by atoms with Gasteiger partial charge >= 0.3 is 6.03 Å². The number of nitrogens with zero attached hydrogens (tertiary/aromatic N) is 1. The average Bonchev–Trinajstić information content (AvgIpc) is 2.44. The summed E-state index contributed by atoms with van der Waals surface area (Å²) in [4.78, 5) is 13.8. The fraction of sp³-hybridized carbons (Fsp3) is 0.562. The molecule has 0 aliphatic carbocycles. The number of ether oxygens (including phenoxy) is 1. The molecule has 0 bridgehead atoms. The van der Waals surface area contributed by atoms with Gasteiger partial charge in [0.25, 0.3) is 6.43 Å². The second kappa shape index (κ2) is 8.67. The summed E-state index contributed by atoms with van der Waals surface area (Å²) in [5, 5.41) is 12.2. The first-order chi connectivity index (χ1) is 10.7. The first kappa shape index (κ1) is 19.2. The summed E-state index contributed by atoms with van der Waals surface area (Å²) in [5.41, 5.74) is 1.15. The molecule has 0 saturated carbocycles. The van der Waals surface area contributed by atoms with Gasteiger partial charge in [0.2, 0.25) is 0 Å². The van der Waals surface area contributed by atoms with E-state index in [1.807, 2.05) is 13.8 Å². The summed E-state index contributed by atoms with van der Waals surface area (Å²) in [5.74, 6) is 0.301. The lowest BCUT2D eigenvalue weighted by Gasteiger charge is -2.28. The van der Waals surface area contributed by atoms with Crippen LogP contribution < -0.4 is 10.1 Å². The largest absolute Gasteiger partial charge is 0.487 e. The fourth-order valence-electron chi connectivity index (χ4n) is 1.99. The van der Waals surface area contributed by atoms with Gasteiger partial charge in [0, 0.05) is 24.3 Å². The Morgan fingerprint density at radius 3 is 2.52 bits per heavy atom. The van der Waals surface area contributed by atoms with Gasteiger partial charge in [-0.2, -0.15) is 0 Å². The van der Waals surface area contributed by atoms with Gasteiger partial charge in [0.15, 0.2) is 0 Å². The number of hydrogen-bond donors (Lipinski definition) is 2. The lowest BCUT2D eigenvalue weighted by molar-refractivity contribution is 0.0816. The Bertz CT molecular complexity index is 522. The minimum Gasteiger partial charge on any atom is -0.487 e. The molecule has 0 aliphatic rings. The standard InChI is InChI=1S/C16H24F2N2O3/c1-10(2)20(8-12(4)21)16(22)19-13-6-5-11(3)14(7-13)23-9-15(17)18/h5-7,10,12,15,21H,8-9H2,1-4H3,(H,19,22). The maximum atomic E-state index is 12.3. The van der Waals surface area contributed by atoms with Crippen molar-refractivity contribution in [1.29, 1.82) is 0 Å². The fourth-order valence-corrected chi connectivity index (χ4v) is 1.99. The third kappa shape index (κ3) is 6.40. The number of alkyl halides is 2. The molecule has 7 heteroatoms. The van der Waals surface area contributed by atoms with Crippen molar-refractivity contribution in [2.45, 2.75) is 46.3 Å². The number of nitrogens with one attached hydrogen (secondary N) is 1. The number of carbonyl (C=O) groups excluding carboxylic acids is 1. The highest BCUT2D eigenvalue weighted by Crippen LogP contribution is 2.23. The molecule has 0 fully saturated rings. The molecule has 2 N–H and O–H groups in total. The van der Waals surface area contributed by atoms with E-state index in [-0.39, 0.29) is 18.6 Å². The molecule has 1 aromatic carbocycles. The zero-order valence-corrected chi connectivity index (χ0v) is 13.8. The maximum absolute atomic E-state index is 12.3. The number of carbonyl (C=O) groups is 1. The van der Waals surface area contributed by atoms with Gasteiger partial charge in [-0.25, -0.2) is 13.6 Å². The Hall–Kier alpha value is -1.89. The lowest BCUT2D eigenvalue weighted by atomic mass is 10.2. The van der Waals surface area contributed by atoms with Crippen molar-refractivity contribution < 1.29 is 23.4 Å². The number of benzene rings is 1. The van der Waals surface area contributed by atoms with Gasteiger partial charge in [-0.1, -0.05) is 6.07 Å². The smallest absolute Gasteiger partial charge is 0.322 e. The molecule has 0 aromatic heterocycles. The number of rotatable bonds is 7. The number of aliphatic hydroxyl groups excluding tert-OH is 1. The highest BCUT2D eigenvalue weighted by Gasteiger charge is 2.19. The number of urea groups is 1. The quantitative estimate of drug-likeness (QED) is 0.807. The zero-order valence-electron chi connectivity index (χ0n) is 13.8. The van der Waals surface area contributed by atoms with Crippen LogP contribution >= 0.6 is 0 Å². The molecule has 23 heavy (non-hydrogen) atoms. The molecular formula is C16H24F2N2O3. The van der Waals surface area contributed by atoms with Crippen LogP contribution in [-0.4, -0.2) is 47.8 Å². The first-order valence-electron chi connectivity index (χ1n) is 7.48. The van der Waals surface area contributed by atoms with Gasteiger partial charge in [0.1, 0.15) is 12.4 Å². The van der Waals surface area contributed by atoms with Gasteiger partial charge in [0.05, 0.1) is 6.10 Å². The Kier molecular flexibility index (Phi) is 7.22.